The fourth-order valence-electron chi connectivity index (χ4n) is 1.39. The second kappa shape index (κ2) is 6.11. The minimum atomic E-state index is -0.685. The van der Waals surface area contributed by atoms with Crippen LogP contribution in [-0.2, 0) is 20.7 Å². The molecule has 1 aromatic carbocycles. The Bertz CT molecular complexity index is 500. The van der Waals surface area contributed by atoms with Crippen LogP contribution < -0.4 is 0 Å². The Morgan fingerprint density at radius 2 is 2.11 bits per heavy atom. The number of carbonyl (C=O) groups is 2. The molecule has 1 rings (SSSR count). The van der Waals surface area contributed by atoms with Crippen molar-refractivity contribution >= 4 is 29.0 Å². The number of benzene rings is 1. The van der Waals surface area contributed by atoms with Crippen molar-refractivity contribution in [1.29, 1.82) is 0 Å². The number of nitro benzene ring substituents is 1. The zero-order valence-corrected chi connectivity index (χ0v) is 10.3. The van der Waals surface area contributed by atoms with Crippen LogP contribution in [0.15, 0.2) is 18.2 Å². The summed E-state index contributed by atoms with van der Waals surface area (Å²) in [5.41, 5.74) is -0.126. The van der Waals surface area contributed by atoms with Gasteiger partial charge in [-0.3, -0.25) is 19.7 Å². The summed E-state index contributed by atoms with van der Waals surface area (Å²) < 4.78 is 4.34. The molecule has 0 heterocycles. The van der Waals surface area contributed by atoms with Crippen LogP contribution in [0.25, 0.3) is 0 Å². The van der Waals surface area contributed by atoms with Crippen LogP contribution in [0.5, 0.6) is 0 Å². The second-order valence-corrected chi connectivity index (χ2v) is 3.87. The Kier molecular flexibility index (Phi) is 4.79. The van der Waals surface area contributed by atoms with E-state index in [1.54, 1.807) is 0 Å². The Morgan fingerprint density at radius 3 is 2.67 bits per heavy atom. The number of Topliss-reactive ketones (excluding diaryl/α,β-unsaturated/α-hetero) is 1. The number of methoxy groups -OCH3 is 1. The predicted octanol–water partition coefficient (Wildman–Crippen LogP) is 1.92. The molecule has 18 heavy (non-hydrogen) atoms. The number of carbonyl (C=O) groups excluding carboxylic acids is 2. The SMILES string of the molecule is COC(=O)CC(=O)Cc1c(Cl)cccc1[N+](=O)[O-]. The monoisotopic (exact) mass is 271 g/mol. The van der Waals surface area contributed by atoms with Gasteiger partial charge in [-0.25, -0.2) is 0 Å². The van der Waals surface area contributed by atoms with Crippen molar-refractivity contribution in [1.82, 2.24) is 0 Å². The Morgan fingerprint density at radius 1 is 1.44 bits per heavy atom. The molecule has 0 aliphatic rings. The molecule has 0 unspecified atom stereocenters. The number of esters is 1. The van der Waals surface area contributed by atoms with E-state index in [4.69, 9.17) is 11.6 Å². The van der Waals surface area contributed by atoms with E-state index in [1.165, 1.54) is 18.2 Å². The van der Waals surface area contributed by atoms with Gasteiger partial charge in [-0.2, -0.15) is 0 Å². The lowest BCUT2D eigenvalue weighted by Gasteiger charge is -2.04. The maximum absolute atomic E-state index is 11.5. The third kappa shape index (κ3) is 3.53. The van der Waals surface area contributed by atoms with Gasteiger partial charge >= 0.3 is 5.97 Å². The minimum Gasteiger partial charge on any atom is -0.469 e. The van der Waals surface area contributed by atoms with Crippen molar-refractivity contribution in [2.75, 3.05) is 7.11 Å². The molecule has 0 fully saturated rings. The topological polar surface area (TPSA) is 86.5 Å². The van der Waals surface area contributed by atoms with Crippen LogP contribution in [0.3, 0.4) is 0 Å². The van der Waals surface area contributed by atoms with E-state index in [1.807, 2.05) is 0 Å². The molecule has 0 amide bonds. The van der Waals surface area contributed by atoms with E-state index < -0.39 is 23.1 Å². The van der Waals surface area contributed by atoms with Gasteiger partial charge in [-0.1, -0.05) is 17.7 Å². The average Bonchev–Trinajstić information content (AvgIpc) is 2.31. The third-order valence-corrected chi connectivity index (χ3v) is 2.59. The van der Waals surface area contributed by atoms with Crippen LogP contribution >= 0.6 is 11.6 Å². The lowest BCUT2D eigenvalue weighted by atomic mass is 10.1. The van der Waals surface area contributed by atoms with Gasteiger partial charge in [0.1, 0.15) is 12.2 Å². The summed E-state index contributed by atoms with van der Waals surface area (Å²) >= 11 is 5.82. The molecule has 7 heteroatoms. The average molecular weight is 272 g/mol. The number of ketones is 1. The van der Waals surface area contributed by atoms with Crippen molar-refractivity contribution < 1.29 is 19.2 Å². The fourth-order valence-corrected chi connectivity index (χ4v) is 1.62. The first-order valence-corrected chi connectivity index (χ1v) is 5.33. The van der Waals surface area contributed by atoms with Gasteiger partial charge in [0, 0.05) is 12.5 Å². The molecule has 96 valence electrons. The molecule has 0 atom stereocenters. The van der Waals surface area contributed by atoms with Gasteiger partial charge < -0.3 is 4.74 Å². The van der Waals surface area contributed by atoms with Crippen molar-refractivity contribution in [2.45, 2.75) is 12.8 Å². The zero-order chi connectivity index (χ0) is 13.7. The molecular weight excluding hydrogens is 262 g/mol. The van der Waals surface area contributed by atoms with E-state index in [2.05, 4.69) is 4.74 Å². The van der Waals surface area contributed by atoms with Crippen LogP contribution in [0, 0.1) is 10.1 Å². The molecule has 0 radical (unpaired) electrons. The lowest BCUT2D eigenvalue weighted by molar-refractivity contribution is -0.385. The summed E-state index contributed by atoms with van der Waals surface area (Å²) in [6.07, 6.45) is -0.704. The molecule has 0 spiro atoms. The first-order valence-electron chi connectivity index (χ1n) is 4.96. The van der Waals surface area contributed by atoms with Crippen LogP contribution in [0.4, 0.5) is 5.69 Å². The van der Waals surface area contributed by atoms with Gasteiger partial charge in [0.15, 0.2) is 0 Å². The molecule has 0 aromatic heterocycles. The fraction of sp³-hybridized carbons (Fsp3) is 0.273. The molecule has 6 nitrogen and oxygen atoms in total. The van der Waals surface area contributed by atoms with Gasteiger partial charge in [0.25, 0.3) is 5.69 Å². The number of ether oxygens (including phenoxy) is 1. The number of nitro groups is 1. The van der Waals surface area contributed by atoms with Crippen molar-refractivity contribution in [3.05, 3.63) is 38.9 Å². The summed E-state index contributed by atoms with van der Waals surface area (Å²) in [4.78, 5) is 32.6. The Balaban J connectivity index is 2.93. The van der Waals surface area contributed by atoms with Gasteiger partial charge in [-0.15, -0.1) is 0 Å². The molecular formula is C11H10ClNO5. The highest BCUT2D eigenvalue weighted by molar-refractivity contribution is 6.31. The zero-order valence-electron chi connectivity index (χ0n) is 9.51. The highest BCUT2D eigenvalue weighted by Crippen LogP contribution is 2.27. The molecule has 0 N–H and O–H groups in total. The van der Waals surface area contributed by atoms with Crippen LogP contribution in [0.1, 0.15) is 12.0 Å². The molecule has 0 saturated heterocycles. The summed E-state index contributed by atoms with van der Waals surface area (Å²) in [6.45, 7) is 0. The van der Waals surface area contributed by atoms with Gasteiger partial charge in [0.05, 0.1) is 22.6 Å². The third-order valence-electron chi connectivity index (χ3n) is 2.23. The number of rotatable bonds is 5. The number of nitrogens with zero attached hydrogens (tertiary/aromatic N) is 1. The molecule has 1 aromatic rings. The minimum absolute atomic E-state index is 0.109. The van der Waals surface area contributed by atoms with Crippen molar-refractivity contribution in [3.63, 3.8) is 0 Å². The predicted molar refractivity (Wildman–Crippen MR) is 63.5 cm³/mol. The molecule has 0 aliphatic heterocycles. The highest BCUT2D eigenvalue weighted by atomic mass is 35.5. The number of hydrogen-bond donors (Lipinski definition) is 0. The molecule has 0 saturated carbocycles. The maximum atomic E-state index is 11.5. The van der Waals surface area contributed by atoms with E-state index >= 15 is 0 Å². The summed E-state index contributed by atoms with van der Waals surface area (Å²) in [6, 6.07) is 4.14. The van der Waals surface area contributed by atoms with Crippen molar-refractivity contribution in [3.8, 4) is 0 Å². The van der Waals surface area contributed by atoms with Crippen LogP contribution in [0.2, 0.25) is 5.02 Å². The second-order valence-electron chi connectivity index (χ2n) is 3.46. The lowest BCUT2D eigenvalue weighted by Crippen LogP contribution is -2.12. The first-order chi connectivity index (χ1) is 8.45. The summed E-state index contributed by atoms with van der Waals surface area (Å²) in [7, 11) is 1.16. The van der Waals surface area contributed by atoms with E-state index in [9.17, 15) is 19.7 Å². The normalized spacial score (nSPS) is 9.89. The number of hydrogen-bond acceptors (Lipinski definition) is 5. The Hall–Kier alpha value is -1.95. The first kappa shape index (κ1) is 14.1. The quantitative estimate of drug-likeness (QED) is 0.353. The van der Waals surface area contributed by atoms with Crippen LogP contribution in [-0.4, -0.2) is 23.8 Å². The summed E-state index contributed by atoms with van der Waals surface area (Å²) in [5.74, 6) is -1.17. The van der Waals surface area contributed by atoms with Gasteiger partial charge in [0.2, 0.25) is 0 Å². The van der Waals surface area contributed by atoms with Gasteiger partial charge in [-0.05, 0) is 6.07 Å². The van der Waals surface area contributed by atoms with E-state index in [0.717, 1.165) is 7.11 Å². The smallest absolute Gasteiger partial charge is 0.313 e. The highest BCUT2D eigenvalue weighted by Gasteiger charge is 2.20. The standard InChI is InChI=1S/C11H10ClNO5/c1-18-11(15)6-7(14)5-8-9(12)3-2-4-10(8)13(16)17/h2-4H,5-6H2,1H3. The van der Waals surface area contributed by atoms with E-state index in [-0.39, 0.29) is 22.7 Å². The van der Waals surface area contributed by atoms with Crippen molar-refractivity contribution in [2.24, 2.45) is 0 Å². The molecule has 0 aliphatic carbocycles. The summed E-state index contributed by atoms with van der Waals surface area (Å²) in [5, 5.41) is 10.9. The molecule has 0 bridgehead atoms. The largest absolute Gasteiger partial charge is 0.469 e. The Labute approximate surface area is 108 Å². The maximum Gasteiger partial charge on any atom is 0.313 e. The van der Waals surface area contributed by atoms with E-state index in [0.29, 0.717) is 0 Å². The number of halogens is 1.